The number of benzene rings is 3. The summed E-state index contributed by atoms with van der Waals surface area (Å²) in [4.78, 5) is 15.0. The predicted octanol–water partition coefficient (Wildman–Crippen LogP) is 4.77. The second-order valence-corrected chi connectivity index (χ2v) is 8.65. The van der Waals surface area contributed by atoms with Gasteiger partial charge in [-0.1, -0.05) is 60.2 Å². The molecular weight excluding hydrogens is 412 g/mol. The maximum atomic E-state index is 12.7. The lowest BCUT2D eigenvalue weighted by Gasteiger charge is -2.41. The number of nitrogens with zero attached hydrogens (tertiary/aromatic N) is 1. The van der Waals surface area contributed by atoms with Gasteiger partial charge in [0.05, 0.1) is 14.2 Å². The van der Waals surface area contributed by atoms with Gasteiger partial charge in [0.25, 0.3) is 0 Å². The lowest BCUT2D eigenvalue weighted by molar-refractivity contribution is -0.124. The highest BCUT2D eigenvalue weighted by Gasteiger charge is 2.36. The summed E-state index contributed by atoms with van der Waals surface area (Å²) in [6.07, 6.45) is 2.58. The highest BCUT2D eigenvalue weighted by Crippen LogP contribution is 2.43. The summed E-state index contributed by atoms with van der Waals surface area (Å²) in [6, 6.07) is 22.1. The van der Waals surface area contributed by atoms with Crippen LogP contribution in [-0.2, 0) is 17.6 Å². The van der Waals surface area contributed by atoms with Gasteiger partial charge in [-0.3, -0.25) is 9.69 Å². The van der Waals surface area contributed by atoms with E-state index < -0.39 is 6.04 Å². The number of fused-ring (bicyclic) bond motifs is 1. The molecule has 0 aromatic heterocycles. The van der Waals surface area contributed by atoms with E-state index in [0.29, 0.717) is 5.75 Å². The normalized spacial score (nSPS) is 16.6. The number of hydrogen-bond acceptors (Lipinski definition) is 4. The molecule has 0 aliphatic carbocycles. The molecular formula is C28H32N2O3. The Morgan fingerprint density at radius 1 is 1.03 bits per heavy atom. The van der Waals surface area contributed by atoms with E-state index in [-0.39, 0.29) is 11.9 Å². The molecule has 1 heterocycles. The number of hydrogen-bond donors (Lipinski definition) is 1. The zero-order chi connectivity index (χ0) is 23.4. The van der Waals surface area contributed by atoms with Crippen LogP contribution in [0.3, 0.4) is 0 Å². The van der Waals surface area contributed by atoms with Crippen molar-refractivity contribution >= 4 is 5.91 Å². The van der Waals surface area contributed by atoms with Crippen molar-refractivity contribution in [3.63, 3.8) is 0 Å². The van der Waals surface area contributed by atoms with Gasteiger partial charge in [-0.25, -0.2) is 0 Å². The maximum absolute atomic E-state index is 12.7. The van der Waals surface area contributed by atoms with Crippen LogP contribution in [0.1, 0.15) is 46.3 Å². The van der Waals surface area contributed by atoms with Crippen molar-refractivity contribution in [3.05, 3.63) is 94.5 Å². The Balaban J connectivity index is 1.76. The van der Waals surface area contributed by atoms with Gasteiger partial charge in [-0.2, -0.15) is 0 Å². The maximum Gasteiger partial charge on any atom is 0.239 e. The molecule has 0 bridgehead atoms. The predicted molar refractivity (Wildman–Crippen MR) is 131 cm³/mol. The number of primary amides is 1. The van der Waals surface area contributed by atoms with Crippen LogP contribution in [0, 0.1) is 6.92 Å². The summed E-state index contributed by atoms with van der Waals surface area (Å²) in [6.45, 7) is 2.85. The first-order valence-electron chi connectivity index (χ1n) is 11.4. The van der Waals surface area contributed by atoms with Crippen LogP contribution in [0.4, 0.5) is 0 Å². The fourth-order valence-electron chi connectivity index (χ4n) is 5.00. The van der Waals surface area contributed by atoms with Gasteiger partial charge < -0.3 is 15.2 Å². The molecule has 0 fully saturated rings. The van der Waals surface area contributed by atoms with Gasteiger partial charge in [-0.05, 0) is 60.6 Å². The van der Waals surface area contributed by atoms with Crippen LogP contribution in [0.25, 0.3) is 0 Å². The molecule has 172 valence electrons. The largest absolute Gasteiger partial charge is 0.493 e. The Morgan fingerprint density at radius 3 is 2.42 bits per heavy atom. The minimum absolute atomic E-state index is 0.0202. The number of amides is 1. The molecule has 1 amide bonds. The lowest BCUT2D eigenvalue weighted by atomic mass is 9.86. The summed E-state index contributed by atoms with van der Waals surface area (Å²) < 4.78 is 11.2. The van der Waals surface area contributed by atoms with Crippen molar-refractivity contribution in [2.45, 2.75) is 38.3 Å². The lowest BCUT2D eigenvalue weighted by Crippen LogP contribution is -2.44. The SMILES string of the molecule is COc1cc2c(cc1OC)[C@H](CCc1cccc(C)c1)N([C@@H](C(N)=O)c1ccccc1)CC2. The Labute approximate surface area is 196 Å². The zero-order valence-electron chi connectivity index (χ0n) is 19.6. The third-order valence-electron chi connectivity index (χ3n) is 6.55. The number of rotatable bonds is 8. The first-order chi connectivity index (χ1) is 16.0. The number of nitrogens with two attached hydrogens (primary N) is 1. The van der Waals surface area contributed by atoms with Crippen molar-refractivity contribution in [2.24, 2.45) is 5.73 Å². The number of carbonyl (C=O) groups is 1. The van der Waals surface area contributed by atoms with Gasteiger partial charge in [0.2, 0.25) is 5.91 Å². The first kappa shape index (κ1) is 22.9. The molecule has 0 saturated carbocycles. The second-order valence-electron chi connectivity index (χ2n) is 8.65. The molecule has 1 aliphatic heterocycles. The molecule has 0 spiro atoms. The van der Waals surface area contributed by atoms with E-state index in [1.165, 1.54) is 22.3 Å². The molecule has 2 N–H and O–H groups in total. The molecule has 3 aromatic carbocycles. The summed E-state index contributed by atoms with van der Waals surface area (Å²) >= 11 is 0. The third kappa shape index (κ3) is 4.88. The van der Waals surface area contributed by atoms with Crippen LogP contribution in [0.15, 0.2) is 66.7 Å². The topological polar surface area (TPSA) is 64.8 Å². The van der Waals surface area contributed by atoms with E-state index in [4.69, 9.17) is 15.2 Å². The van der Waals surface area contributed by atoms with Gasteiger partial charge in [-0.15, -0.1) is 0 Å². The quantitative estimate of drug-likeness (QED) is 0.544. The first-order valence-corrected chi connectivity index (χ1v) is 11.4. The molecule has 0 radical (unpaired) electrons. The number of carbonyl (C=O) groups excluding carboxylic acids is 1. The van der Waals surface area contributed by atoms with E-state index in [2.05, 4.69) is 48.2 Å². The van der Waals surface area contributed by atoms with Crippen LogP contribution in [0.2, 0.25) is 0 Å². The van der Waals surface area contributed by atoms with E-state index in [1.54, 1.807) is 14.2 Å². The number of methoxy groups -OCH3 is 2. The van der Waals surface area contributed by atoms with Crippen molar-refractivity contribution in [2.75, 3.05) is 20.8 Å². The third-order valence-corrected chi connectivity index (χ3v) is 6.55. The molecule has 33 heavy (non-hydrogen) atoms. The fourth-order valence-corrected chi connectivity index (χ4v) is 5.00. The minimum Gasteiger partial charge on any atom is -0.493 e. The van der Waals surface area contributed by atoms with Crippen molar-refractivity contribution in [1.29, 1.82) is 0 Å². The standard InChI is InChI=1S/C28H32N2O3/c1-19-8-7-9-20(16-19)12-13-24-23-18-26(33-3)25(32-2)17-22(23)14-15-30(24)27(28(29)31)21-10-5-4-6-11-21/h4-11,16-18,24,27H,12-15H2,1-3H3,(H2,29,31)/t24-,27+/m0/s1. The van der Waals surface area contributed by atoms with Crippen LogP contribution in [-0.4, -0.2) is 31.6 Å². The van der Waals surface area contributed by atoms with Crippen LogP contribution in [0.5, 0.6) is 11.5 Å². The Kier molecular flexibility index (Phi) is 6.99. The van der Waals surface area contributed by atoms with E-state index in [0.717, 1.165) is 37.1 Å². The smallest absolute Gasteiger partial charge is 0.239 e. The highest BCUT2D eigenvalue weighted by molar-refractivity contribution is 5.81. The minimum atomic E-state index is -0.491. The monoisotopic (exact) mass is 444 g/mol. The fraction of sp³-hybridized carbons (Fsp3) is 0.321. The number of aryl methyl sites for hydroxylation is 2. The summed E-state index contributed by atoms with van der Waals surface area (Å²) in [7, 11) is 3.32. The van der Waals surface area contributed by atoms with Crippen LogP contribution >= 0.6 is 0 Å². The van der Waals surface area contributed by atoms with E-state index in [9.17, 15) is 4.79 Å². The van der Waals surface area contributed by atoms with Crippen molar-refractivity contribution < 1.29 is 14.3 Å². The molecule has 2 atom stereocenters. The summed E-state index contributed by atoms with van der Waals surface area (Å²) in [5.41, 5.74) is 11.9. The van der Waals surface area contributed by atoms with Gasteiger partial charge in [0, 0.05) is 12.6 Å². The van der Waals surface area contributed by atoms with Gasteiger partial charge in [0.15, 0.2) is 11.5 Å². The van der Waals surface area contributed by atoms with E-state index in [1.807, 2.05) is 30.3 Å². The molecule has 1 aliphatic rings. The molecule has 3 aromatic rings. The van der Waals surface area contributed by atoms with Crippen LogP contribution < -0.4 is 15.2 Å². The second kappa shape index (κ2) is 10.1. The summed E-state index contributed by atoms with van der Waals surface area (Å²) in [5.74, 6) is 1.11. The Bertz CT molecular complexity index is 1110. The number of ether oxygens (including phenoxy) is 2. The molecule has 0 unspecified atom stereocenters. The average molecular weight is 445 g/mol. The zero-order valence-corrected chi connectivity index (χ0v) is 19.6. The average Bonchev–Trinajstić information content (AvgIpc) is 2.83. The summed E-state index contributed by atoms with van der Waals surface area (Å²) in [5, 5.41) is 0. The highest BCUT2D eigenvalue weighted by atomic mass is 16.5. The molecule has 5 heteroatoms. The molecule has 5 nitrogen and oxygen atoms in total. The van der Waals surface area contributed by atoms with Crippen molar-refractivity contribution in [1.82, 2.24) is 4.90 Å². The van der Waals surface area contributed by atoms with Gasteiger partial charge in [0.1, 0.15) is 6.04 Å². The Morgan fingerprint density at radius 2 is 1.76 bits per heavy atom. The van der Waals surface area contributed by atoms with Crippen molar-refractivity contribution in [3.8, 4) is 11.5 Å². The van der Waals surface area contributed by atoms with Gasteiger partial charge >= 0.3 is 0 Å². The Hall–Kier alpha value is -3.31. The van der Waals surface area contributed by atoms with E-state index >= 15 is 0 Å². The molecule has 4 rings (SSSR count). The molecule has 0 saturated heterocycles.